The Morgan fingerprint density at radius 2 is 1.96 bits per heavy atom. The highest BCUT2D eigenvalue weighted by molar-refractivity contribution is 5.99. The van der Waals surface area contributed by atoms with E-state index in [1.165, 1.54) is 6.42 Å². The zero-order valence-corrected chi connectivity index (χ0v) is 14.0. The number of hydrogen-bond donors (Lipinski definition) is 1. The molecule has 4 rings (SSSR count). The van der Waals surface area contributed by atoms with Gasteiger partial charge >= 0.3 is 0 Å². The molecule has 0 aliphatic carbocycles. The van der Waals surface area contributed by atoms with Crippen molar-refractivity contribution in [2.24, 2.45) is 5.41 Å². The second-order valence-corrected chi connectivity index (χ2v) is 6.72. The van der Waals surface area contributed by atoms with Crippen LogP contribution < -0.4 is 10.1 Å². The number of ether oxygens (including phenoxy) is 1. The number of nitrogens with one attached hydrogen (secondary N) is 1. The van der Waals surface area contributed by atoms with Crippen LogP contribution in [-0.2, 0) is 4.79 Å². The smallest absolute Gasteiger partial charge is 0.253 e. The van der Waals surface area contributed by atoms with Crippen molar-refractivity contribution in [3.8, 4) is 5.75 Å². The summed E-state index contributed by atoms with van der Waals surface area (Å²) >= 11 is 0. The molecule has 124 valence electrons. The van der Waals surface area contributed by atoms with E-state index in [2.05, 4.69) is 5.32 Å². The van der Waals surface area contributed by atoms with Crippen LogP contribution in [0.3, 0.4) is 0 Å². The summed E-state index contributed by atoms with van der Waals surface area (Å²) < 4.78 is 5.72. The third kappa shape index (κ3) is 3.10. The minimum atomic E-state index is 0. The molecule has 0 saturated carbocycles. The number of halogens is 1. The van der Waals surface area contributed by atoms with Gasteiger partial charge in [-0.05, 0) is 43.4 Å². The lowest BCUT2D eigenvalue weighted by Crippen LogP contribution is -2.45. The van der Waals surface area contributed by atoms with Crippen molar-refractivity contribution in [3.63, 3.8) is 0 Å². The van der Waals surface area contributed by atoms with E-state index in [0.29, 0.717) is 12.0 Å². The summed E-state index contributed by atoms with van der Waals surface area (Å²) in [6.07, 6.45) is 5.49. The predicted octanol–water partition coefficient (Wildman–Crippen LogP) is 2.49. The standard InChI is InChI=1S/C18H22N2O2.ClH/c21-17(15-11-14-3-1-2-4-16(14)22-12-15)20-9-6-18(7-10-20)5-8-19-13-18;/h1-4,11,19H,5-10,12-13H2;1H. The zero-order chi connectivity index (χ0) is 15.0. The second kappa shape index (κ2) is 6.54. The summed E-state index contributed by atoms with van der Waals surface area (Å²) in [4.78, 5) is 14.7. The van der Waals surface area contributed by atoms with E-state index in [-0.39, 0.29) is 18.3 Å². The van der Waals surface area contributed by atoms with Gasteiger partial charge < -0.3 is 15.0 Å². The average Bonchev–Trinajstić information content (AvgIpc) is 3.02. The highest BCUT2D eigenvalue weighted by Crippen LogP contribution is 2.37. The van der Waals surface area contributed by atoms with Crippen LogP contribution in [0.2, 0.25) is 0 Å². The fourth-order valence-corrected chi connectivity index (χ4v) is 3.85. The van der Waals surface area contributed by atoms with Crippen molar-refractivity contribution in [3.05, 3.63) is 35.4 Å². The van der Waals surface area contributed by atoms with Gasteiger partial charge in [-0.1, -0.05) is 18.2 Å². The maximum atomic E-state index is 12.7. The van der Waals surface area contributed by atoms with Gasteiger partial charge in [0, 0.05) is 25.2 Å². The molecule has 0 radical (unpaired) electrons. The Kier molecular flexibility index (Phi) is 4.64. The molecule has 3 heterocycles. The number of amides is 1. The highest BCUT2D eigenvalue weighted by atomic mass is 35.5. The molecule has 0 aromatic heterocycles. The summed E-state index contributed by atoms with van der Waals surface area (Å²) in [7, 11) is 0. The lowest BCUT2D eigenvalue weighted by Gasteiger charge is -2.39. The first-order valence-corrected chi connectivity index (χ1v) is 8.18. The predicted molar refractivity (Wildman–Crippen MR) is 92.9 cm³/mol. The first kappa shape index (κ1) is 16.3. The summed E-state index contributed by atoms with van der Waals surface area (Å²) in [5, 5.41) is 3.47. The Bertz CT molecular complexity index is 613. The van der Waals surface area contributed by atoms with Crippen LogP contribution in [0.1, 0.15) is 24.8 Å². The van der Waals surface area contributed by atoms with Crippen LogP contribution in [0, 0.1) is 5.41 Å². The monoisotopic (exact) mass is 334 g/mol. The Labute approximate surface area is 143 Å². The number of rotatable bonds is 1. The quantitative estimate of drug-likeness (QED) is 0.858. The third-order valence-electron chi connectivity index (χ3n) is 5.35. The molecule has 23 heavy (non-hydrogen) atoms. The molecule has 1 aromatic rings. The largest absolute Gasteiger partial charge is 0.488 e. The summed E-state index contributed by atoms with van der Waals surface area (Å²) in [6, 6.07) is 7.88. The number of fused-ring (bicyclic) bond motifs is 1. The van der Waals surface area contributed by atoms with Gasteiger partial charge in [-0.25, -0.2) is 0 Å². The van der Waals surface area contributed by atoms with E-state index < -0.39 is 0 Å². The molecule has 0 atom stereocenters. The van der Waals surface area contributed by atoms with E-state index in [1.807, 2.05) is 35.2 Å². The number of nitrogens with zero attached hydrogens (tertiary/aromatic N) is 1. The zero-order valence-electron chi connectivity index (χ0n) is 13.2. The number of benzene rings is 1. The van der Waals surface area contributed by atoms with Crippen LogP contribution >= 0.6 is 12.4 Å². The van der Waals surface area contributed by atoms with Crippen LogP contribution in [0.4, 0.5) is 0 Å². The van der Waals surface area contributed by atoms with Crippen molar-refractivity contribution >= 4 is 24.4 Å². The lowest BCUT2D eigenvalue weighted by atomic mass is 9.77. The maximum absolute atomic E-state index is 12.7. The SMILES string of the molecule is Cl.O=C(C1=Cc2ccccc2OC1)N1CCC2(CCNC2)CC1. The topological polar surface area (TPSA) is 41.6 Å². The van der Waals surface area contributed by atoms with E-state index in [0.717, 1.165) is 55.9 Å². The van der Waals surface area contributed by atoms with Gasteiger partial charge in [0.2, 0.25) is 0 Å². The van der Waals surface area contributed by atoms with Crippen LogP contribution in [0.15, 0.2) is 29.8 Å². The van der Waals surface area contributed by atoms with Crippen molar-refractivity contribution in [1.82, 2.24) is 10.2 Å². The molecule has 5 heteroatoms. The van der Waals surface area contributed by atoms with Crippen LogP contribution in [-0.4, -0.2) is 43.6 Å². The van der Waals surface area contributed by atoms with Crippen LogP contribution in [0.25, 0.3) is 6.08 Å². The molecule has 3 aliphatic rings. The number of likely N-dealkylation sites (tertiary alicyclic amines) is 1. The van der Waals surface area contributed by atoms with Gasteiger partial charge in [0.05, 0.1) is 5.57 Å². The number of carbonyl (C=O) groups excluding carboxylic acids is 1. The van der Waals surface area contributed by atoms with Gasteiger partial charge in [-0.2, -0.15) is 0 Å². The number of piperidine rings is 1. The Hall–Kier alpha value is -1.52. The summed E-state index contributed by atoms with van der Waals surface area (Å²) in [5.74, 6) is 1.02. The minimum absolute atomic E-state index is 0. The third-order valence-corrected chi connectivity index (χ3v) is 5.35. The molecule has 4 nitrogen and oxygen atoms in total. The van der Waals surface area contributed by atoms with Gasteiger partial charge in [-0.15, -0.1) is 12.4 Å². The Morgan fingerprint density at radius 3 is 2.70 bits per heavy atom. The number of carbonyl (C=O) groups is 1. The molecule has 1 N–H and O–H groups in total. The number of para-hydroxylation sites is 1. The maximum Gasteiger partial charge on any atom is 0.253 e. The minimum Gasteiger partial charge on any atom is -0.488 e. The first-order valence-electron chi connectivity index (χ1n) is 8.18. The fraction of sp³-hybridized carbons (Fsp3) is 0.500. The van der Waals surface area contributed by atoms with Crippen molar-refractivity contribution in [1.29, 1.82) is 0 Å². The average molecular weight is 335 g/mol. The highest BCUT2D eigenvalue weighted by Gasteiger charge is 2.38. The number of hydrogen-bond acceptors (Lipinski definition) is 3. The van der Waals surface area contributed by atoms with E-state index in [4.69, 9.17) is 4.74 Å². The van der Waals surface area contributed by atoms with Crippen molar-refractivity contribution in [2.45, 2.75) is 19.3 Å². The molecule has 0 bridgehead atoms. The fourth-order valence-electron chi connectivity index (χ4n) is 3.85. The van der Waals surface area contributed by atoms with Crippen LogP contribution in [0.5, 0.6) is 5.75 Å². The van der Waals surface area contributed by atoms with E-state index in [9.17, 15) is 4.79 Å². The molecule has 1 spiro atoms. The first-order chi connectivity index (χ1) is 10.8. The molecule has 0 unspecified atom stereocenters. The molecular weight excluding hydrogens is 312 g/mol. The normalized spacial score (nSPS) is 21.9. The lowest BCUT2D eigenvalue weighted by molar-refractivity contribution is -0.129. The molecule has 2 saturated heterocycles. The molecule has 1 aromatic carbocycles. The van der Waals surface area contributed by atoms with Gasteiger partial charge in [0.15, 0.2) is 0 Å². The van der Waals surface area contributed by atoms with E-state index >= 15 is 0 Å². The van der Waals surface area contributed by atoms with Gasteiger partial charge in [0.1, 0.15) is 12.4 Å². The molecular formula is C18H23ClN2O2. The molecule has 2 fully saturated rings. The molecule has 3 aliphatic heterocycles. The van der Waals surface area contributed by atoms with E-state index in [1.54, 1.807) is 0 Å². The second-order valence-electron chi connectivity index (χ2n) is 6.72. The molecule has 1 amide bonds. The summed E-state index contributed by atoms with van der Waals surface area (Å²) in [5.41, 5.74) is 2.23. The van der Waals surface area contributed by atoms with Crippen molar-refractivity contribution < 1.29 is 9.53 Å². The Morgan fingerprint density at radius 1 is 1.17 bits per heavy atom. The van der Waals surface area contributed by atoms with Gasteiger partial charge in [-0.3, -0.25) is 4.79 Å². The van der Waals surface area contributed by atoms with Crippen molar-refractivity contribution in [2.75, 3.05) is 32.8 Å². The Balaban J connectivity index is 0.00000156. The van der Waals surface area contributed by atoms with Gasteiger partial charge in [0.25, 0.3) is 5.91 Å². The summed E-state index contributed by atoms with van der Waals surface area (Å²) in [6.45, 7) is 4.38.